The molecule has 2 rings (SSSR count). The molecule has 3 nitrogen and oxygen atoms in total. The van der Waals surface area contributed by atoms with Gasteiger partial charge in [0, 0.05) is 16.2 Å². The summed E-state index contributed by atoms with van der Waals surface area (Å²) < 4.78 is 2.50. The molecule has 0 amide bonds. The summed E-state index contributed by atoms with van der Waals surface area (Å²) in [6, 6.07) is 7.62. The Kier molecular flexibility index (Phi) is 2.77. The zero-order chi connectivity index (χ0) is 10.8. The number of hydrogen-bond acceptors (Lipinski definition) is 1. The lowest BCUT2D eigenvalue weighted by molar-refractivity contribution is 0.846. The van der Waals surface area contributed by atoms with Crippen LogP contribution in [0.1, 0.15) is 12.5 Å². The van der Waals surface area contributed by atoms with Gasteiger partial charge in [-0.25, -0.2) is 4.68 Å². The molecule has 0 aliphatic carbocycles. The van der Waals surface area contributed by atoms with Crippen molar-refractivity contribution in [3.8, 4) is 5.69 Å². The first-order chi connectivity index (χ1) is 7.22. The van der Waals surface area contributed by atoms with E-state index in [-0.39, 0.29) is 5.56 Å². The average Bonchev–Trinajstić information content (AvgIpc) is 2.59. The van der Waals surface area contributed by atoms with E-state index >= 15 is 0 Å². The summed E-state index contributed by atoms with van der Waals surface area (Å²) in [5, 5.41) is 2.95. The van der Waals surface area contributed by atoms with Crippen LogP contribution in [-0.4, -0.2) is 9.78 Å². The molecule has 0 radical (unpaired) electrons. The topological polar surface area (TPSA) is 37.8 Å². The van der Waals surface area contributed by atoms with E-state index in [4.69, 9.17) is 0 Å². The Bertz CT molecular complexity index is 527. The maximum Gasteiger partial charge on any atom is 0.274 e. The van der Waals surface area contributed by atoms with Gasteiger partial charge in [-0.05, 0) is 24.6 Å². The molecule has 0 aliphatic heterocycles. The fourth-order valence-corrected chi connectivity index (χ4v) is 1.85. The van der Waals surface area contributed by atoms with Crippen molar-refractivity contribution in [1.29, 1.82) is 0 Å². The maximum atomic E-state index is 11.8. The highest BCUT2D eigenvalue weighted by Gasteiger charge is 2.05. The summed E-state index contributed by atoms with van der Waals surface area (Å²) in [7, 11) is 0. The van der Waals surface area contributed by atoms with Crippen LogP contribution in [0.15, 0.2) is 39.7 Å². The van der Waals surface area contributed by atoms with Gasteiger partial charge in [-0.3, -0.25) is 9.89 Å². The van der Waals surface area contributed by atoms with E-state index in [1.807, 2.05) is 31.2 Å². The summed E-state index contributed by atoms with van der Waals surface area (Å²) in [6.07, 6.45) is 2.50. The number of halogens is 1. The van der Waals surface area contributed by atoms with Crippen LogP contribution < -0.4 is 5.56 Å². The van der Waals surface area contributed by atoms with Gasteiger partial charge in [0.1, 0.15) is 0 Å². The Hall–Kier alpha value is -1.29. The Labute approximate surface area is 95.9 Å². The number of H-pyrrole nitrogens is 1. The second-order valence-corrected chi connectivity index (χ2v) is 4.19. The fourth-order valence-electron chi connectivity index (χ4n) is 1.47. The van der Waals surface area contributed by atoms with Crippen LogP contribution >= 0.6 is 15.9 Å². The molecule has 4 heteroatoms. The van der Waals surface area contributed by atoms with E-state index in [0.29, 0.717) is 0 Å². The quantitative estimate of drug-likeness (QED) is 0.891. The molecule has 0 spiro atoms. The van der Waals surface area contributed by atoms with Crippen molar-refractivity contribution in [3.63, 3.8) is 0 Å². The van der Waals surface area contributed by atoms with Gasteiger partial charge in [0.2, 0.25) is 0 Å². The highest BCUT2D eigenvalue weighted by Crippen LogP contribution is 2.13. The number of benzene rings is 1. The zero-order valence-electron chi connectivity index (χ0n) is 8.33. The molecule has 0 aliphatic rings. The minimum Gasteiger partial charge on any atom is -0.298 e. The van der Waals surface area contributed by atoms with Crippen LogP contribution in [0.4, 0.5) is 0 Å². The number of hydrogen-bond donors (Lipinski definition) is 1. The third-order valence-electron chi connectivity index (χ3n) is 2.29. The second-order valence-electron chi connectivity index (χ2n) is 3.27. The average molecular weight is 267 g/mol. The van der Waals surface area contributed by atoms with Gasteiger partial charge in [0.05, 0.1) is 5.69 Å². The smallest absolute Gasteiger partial charge is 0.274 e. The van der Waals surface area contributed by atoms with Crippen molar-refractivity contribution >= 4 is 15.9 Å². The van der Waals surface area contributed by atoms with Gasteiger partial charge in [0.15, 0.2) is 0 Å². The number of nitrogens with one attached hydrogen (secondary N) is 1. The number of rotatable bonds is 2. The molecule has 1 heterocycles. The van der Waals surface area contributed by atoms with Gasteiger partial charge >= 0.3 is 0 Å². The van der Waals surface area contributed by atoms with Gasteiger partial charge in [-0.2, -0.15) is 0 Å². The van der Waals surface area contributed by atoms with E-state index in [9.17, 15) is 4.79 Å². The standard InChI is InChI=1S/C11H11BrN2O/c1-2-8-7-13-14(11(8)15)10-5-3-4-9(12)6-10/h3-7,13H,2H2,1H3. The predicted molar refractivity (Wildman–Crippen MR) is 63.5 cm³/mol. The van der Waals surface area contributed by atoms with Crippen LogP contribution in [-0.2, 0) is 6.42 Å². The molecule has 1 N–H and O–H groups in total. The molecular formula is C11H11BrN2O. The minimum absolute atomic E-state index is 0.0237. The summed E-state index contributed by atoms with van der Waals surface area (Å²) in [5.74, 6) is 0. The third kappa shape index (κ3) is 1.90. The van der Waals surface area contributed by atoms with Crippen molar-refractivity contribution in [2.24, 2.45) is 0 Å². The summed E-state index contributed by atoms with van der Waals surface area (Å²) in [6.45, 7) is 1.97. The van der Waals surface area contributed by atoms with Crippen molar-refractivity contribution in [3.05, 3.63) is 50.9 Å². The number of aromatic nitrogens is 2. The third-order valence-corrected chi connectivity index (χ3v) is 2.79. The highest BCUT2D eigenvalue weighted by atomic mass is 79.9. The van der Waals surface area contributed by atoms with E-state index in [2.05, 4.69) is 21.0 Å². The first-order valence-electron chi connectivity index (χ1n) is 4.77. The highest BCUT2D eigenvalue weighted by molar-refractivity contribution is 9.10. The number of aromatic amines is 1. The van der Waals surface area contributed by atoms with E-state index < -0.39 is 0 Å². The monoisotopic (exact) mass is 266 g/mol. The van der Waals surface area contributed by atoms with Gasteiger partial charge in [-0.1, -0.05) is 28.9 Å². The lowest BCUT2D eigenvalue weighted by atomic mass is 10.3. The molecule has 78 valence electrons. The van der Waals surface area contributed by atoms with Crippen molar-refractivity contribution < 1.29 is 0 Å². The molecule has 0 fully saturated rings. The van der Waals surface area contributed by atoms with Gasteiger partial charge in [0.25, 0.3) is 5.56 Å². The molecule has 0 unspecified atom stereocenters. The Morgan fingerprint density at radius 3 is 2.87 bits per heavy atom. The normalized spacial score (nSPS) is 10.5. The van der Waals surface area contributed by atoms with E-state index in [1.54, 1.807) is 10.9 Å². The molecule has 0 bridgehead atoms. The van der Waals surface area contributed by atoms with E-state index in [1.165, 1.54) is 0 Å². The molecule has 0 atom stereocenters. The van der Waals surface area contributed by atoms with Crippen LogP contribution in [0.25, 0.3) is 5.69 Å². The fraction of sp³-hybridized carbons (Fsp3) is 0.182. The van der Waals surface area contributed by atoms with Crippen molar-refractivity contribution in [2.45, 2.75) is 13.3 Å². The summed E-state index contributed by atoms with van der Waals surface area (Å²) >= 11 is 3.38. The van der Waals surface area contributed by atoms with Crippen molar-refractivity contribution in [2.75, 3.05) is 0 Å². The minimum atomic E-state index is 0.0237. The molecule has 0 saturated carbocycles. The Morgan fingerprint density at radius 2 is 2.27 bits per heavy atom. The second kappa shape index (κ2) is 4.06. The first kappa shape index (κ1) is 10.2. The lowest BCUT2D eigenvalue weighted by Gasteiger charge is -2.01. The number of aryl methyl sites for hydroxylation is 1. The Morgan fingerprint density at radius 1 is 1.47 bits per heavy atom. The maximum absolute atomic E-state index is 11.8. The van der Waals surface area contributed by atoms with Gasteiger partial charge < -0.3 is 0 Å². The largest absolute Gasteiger partial charge is 0.298 e. The zero-order valence-corrected chi connectivity index (χ0v) is 9.91. The van der Waals surface area contributed by atoms with Crippen LogP contribution in [0.2, 0.25) is 0 Å². The molecular weight excluding hydrogens is 256 g/mol. The van der Waals surface area contributed by atoms with Crippen molar-refractivity contribution in [1.82, 2.24) is 9.78 Å². The van der Waals surface area contributed by atoms with Crippen LogP contribution in [0.3, 0.4) is 0 Å². The number of nitrogens with zero attached hydrogens (tertiary/aromatic N) is 1. The van der Waals surface area contributed by atoms with E-state index in [0.717, 1.165) is 22.1 Å². The molecule has 0 saturated heterocycles. The van der Waals surface area contributed by atoms with Crippen LogP contribution in [0.5, 0.6) is 0 Å². The molecule has 2 aromatic rings. The molecule has 1 aromatic heterocycles. The summed E-state index contributed by atoms with van der Waals surface area (Å²) in [5.41, 5.74) is 1.67. The lowest BCUT2D eigenvalue weighted by Crippen LogP contribution is -2.16. The van der Waals surface area contributed by atoms with Gasteiger partial charge in [-0.15, -0.1) is 0 Å². The Balaban J connectivity index is 2.55. The summed E-state index contributed by atoms with van der Waals surface area (Å²) in [4.78, 5) is 11.8. The SMILES string of the molecule is CCc1c[nH]n(-c2cccc(Br)c2)c1=O. The first-order valence-corrected chi connectivity index (χ1v) is 5.57. The molecule has 15 heavy (non-hydrogen) atoms. The predicted octanol–water partition coefficient (Wildman–Crippen LogP) is 2.49. The van der Waals surface area contributed by atoms with Crippen LogP contribution in [0, 0.1) is 0 Å². The molecule has 1 aromatic carbocycles.